The van der Waals surface area contributed by atoms with Gasteiger partial charge in [-0.1, -0.05) is 0 Å². The molecule has 0 saturated heterocycles. The molecule has 0 aliphatic carbocycles. The van der Waals surface area contributed by atoms with Gasteiger partial charge in [-0.25, -0.2) is 0 Å². The molecule has 0 aromatic rings. The number of carbonyl (C=O) groups excluding carboxylic acids is 1. The monoisotopic (exact) mass is 265 g/mol. The van der Waals surface area contributed by atoms with Crippen molar-refractivity contribution in [2.24, 2.45) is 16.6 Å². The Morgan fingerprint density at radius 2 is 2.33 bits per heavy atom. The molecule has 0 radical (unpaired) electrons. The normalized spacial score (nSPS) is 21.0. The number of hydrogen-bond donors (Lipinski definition) is 2. The minimum Gasteiger partial charge on any atom is -0.477 e. The molecule has 0 bridgehead atoms. The maximum atomic E-state index is 11.9. The first-order valence-corrected chi connectivity index (χ1v) is 5.25. The van der Waals surface area contributed by atoms with E-state index in [0.29, 0.717) is 18.0 Å². The summed E-state index contributed by atoms with van der Waals surface area (Å²) >= 11 is 0. The lowest BCUT2D eigenvalue weighted by Crippen LogP contribution is -2.41. The van der Waals surface area contributed by atoms with Crippen LogP contribution >= 0.6 is 0 Å². The molecule has 3 N–H and O–H groups in total. The van der Waals surface area contributed by atoms with Gasteiger partial charge in [0, 0.05) is 24.2 Å². The molecule has 1 atom stereocenters. The van der Waals surface area contributed by atoms with Gasteiger partial charge >= 0.3 is 12.1 Å². The smallest absolute Gasteiger partial charge is 0.471 e. The van der Waals surface area contributed by atoms with Gasteiger partial charge < -0.3 is 15.8 Å². The largest absolute Gasteiger partial charge is 0.477 e. The second-order valence-electron chi connectivity index (χ2n) is 3.88. The van der Waals surface area contributed by atoms with E-state index < -0.39 is 12.1 Å². The molecule has 1 unspecified atom stereocenters. The van der Waals surface area contributed by atoms with Crippen LogP contribution in [0.25, 0.3) is 0 Å². The van der Waals surface area contributed by atoms with Crippen LogP contribution < -0.4 is 11.1 Å². The molecule has 1 aliphatic rings. The molecule has 0 saturated carbocycles. The zero-order valence-corrected chi connectivity index (χ0v) is 9.75. The topological polar surface area (TPSA) is 76.7 Å². The van der Waals surface area contributed by atoms with Gasteiger partial charge in [0.25, 0.3) is 0 Å². The van der Waals surface area contributed by atoms with Crippen molar-refractivity contribution in [3.63, 3.8) is 0 Å². The van der Waals surface area contributed by atoms with Gasteiger partial charge in [0.05, 0.1) is 13.2 Å². The molecule has 0 fully saturated rings. The van der Waals surface area contributed by atoms with Crippen molar-refractivity contribution in [1.29, 1.82) is 0 Å². The van der Waals surface area contributed by atoms with Crippen LogP contribution in [0, 0.1) is 5.92 Å². The van der Waals surface area contributed by atoms with E-state index in [1.54, 1.807) is 12.2 Å². The van der Waals surface area contributed by atoms with Gasteiger partial charge in [0.2, 0.25) is 5.90 Å². The lowest BCUT2D eigenvalue weighted by Gasteiger charge is -2.22. The number of amides is 1. The Hall–Kier alpha value is -1.73. The van der Waals surface area contributed by atoms with Crippen LogP contribution in [0.2, 0.25) is 0 Å². The van der Waals surface area contributed by atoms with Gasteiger partial charge in [-0.2, -0.15) is 13.2 Å². The summed E-state index contributed by atoms with van der Waals surface area (Å²) in [4.78, 5) is 14.6. The summed E-state index contributed by atoms with van der Waals surface area (Å²) in [5.74, 6) is -1.84. The number of ether oxygens (including phenoxy) is 1. The van der Waals surface area contributed by atoms with Crippen molar-refractivity contribution in [2.75, 3.05) is 19.7 Å². The second kappa shape index (κ2) is 5.74. The predicted molar refractivity (Wildman–Crippen MR) is 58.8 cm³/mol. The fourth-order valence-electron chi connectivity index (χ4n) is 1.28. The molecule has 1 heterocycles. The van der Waals surface area contributed by atoms with Crippen molar-refractivity contribution >= 4 is 11.8 Å². The average molecular weight is 265 g/mol. The zero-order valence-electron chi connectivity index (χ0n) is 9.75. The van der Waals surface area contributed by atoms with E-state index in [2.05, 4.69) is 4.99 Å². The number of rotatable bonds is 3. The molecule has 1 rings (SSSR count). The Bertz CT molecular complexity index is 377. The van der Waals surface area contributed by atoms with E-state index in [4.69, 9.17) is 10.5 Å². The summed E-state index contributed by atoms with van der Waals surface area (Å²) in [5.41, 5.74) is 5.94. The van der Waals surface area contributed by atoms with Crippen LogP contribution in [0.3, 0.4) is 0 Å². The predicted octanol–water partition coefficient (Wildman–Crippen LogP) is 0.572. The highest BCUT2D eigenvalue weighted by Gasteiger charge is 2.38. The molecular formula is C10H14F3N3O2. The summed E-state index contributed by atoms with van der Waals surface area (Å²) < 4.78 is 41.0. The Balaban J connectivity index is 2.41. The van der Waals surface area contributed by atoms with Crippen LogP contribution in [0.4, 0.5) is 13.2 Å². The Labute approximate surface area is 102 Å². The standard InChI is InChI=1S/C10H14F3N3O2/c1-6(2-14)8-15-3-7(5-18-8)4-16-9(17)10(11,12)13/h2,7H,3-5,14H2,1H3,(H,16,17). The lowest BCUT2D eigenvalue weighted by atomic mass is 10.1. The highest BCUT2D eigenvalue weighted by Crippen LogP contribution is 2.15. The van der Waals surface area contributed by atoms with Crippen molar-refractivity contribution in [3.05, 3.63) is 11.8 Å². The van der Waals surface area contributed by atoms with Crippen molar-refractivity contribution in [2.45, 2.75) is 13.1 Å². The van der Waals surface area contributed by atoms with E-state index in [0.717, 1.165) is 0 Å². The summed E-state index contributed by atoms with van der Waals surface area (Å²) in [5, 5.41) is 1.80. The molecule has 0 aromatic heterocycles. The van der Waals surface area contributed by atoms with E-state index in [1.165, 1.54) is 6.20 Å². The number of carbonyl (C=O) groups is 1. The van der Waals surface area contributed by atoms with Crippen LogP contribution in [-0.2, 0) is 9.53 Å². The fourth-order valence-corrected chi connectivity index (χ4v) is 1.28. The average Bonchev–Trinajstić information content (AvgIpc) is 2.34. The van der Waals surface area contributed by atoms with E-state index in [-0.39, 0.29) is 19.1 Å². The number of nitrogens with zero attached hydrogens (tertiary/aromatic N) is 1. The molecule has 5 nitrogen and oxygen atoms in total. The second-order valence-corrected chi connectivity index (χ2v) is 3.88. The molecule has 1 aliphatic heterocycles. The van der Waals surface area contributed by atoms with Crippen LogP contribution in [-0.4, -0.2) is 37.7 Å². The lowest BCUT2D eigenvalue weighted by molar-refractivity contribution is -0.173. The van der Waals surface area contributed by atoms with Crippen LogP contribution in [0.1, 0.15) is 6.92 Å². The van der Waals surface area contributed by atoms with E-state index >= 15 is 0 Å². The summed E-state index contributed by atoms with van der Waals surface area (Å²) in [7, 11) is 0. The van der Waals surface area contributed by atoms with Crippen molar-refractivity contribution in [3.8, 4) is 0 Å². The van der Waals surface area contributed by atoms with Gasteiger partial charge in [0.1, 0.15) is 0 Å². The first-order chi connectivity index (χ1) is 8.34. The number of aliphatic imine (C=N–C) groups is 1. The number of nitrogens with two attached hydrogens (primary N) is 1. The maximum absolute atomic E-state index is 11.9. The number of halogens is 3. The van der Waals surface area contributed by atoms with E-state index in [9.17, 15) is 18.0 Å². The fraction of sp³-hybridized carbons (Fsp3) is 0.600. The van der Waals surface area contributed by atoms with Gasteiger partial charge in [0.15, 0.2) is 0 Å². The van der Waals surface area contributed by atoms with E-state index in [1.807, 2.05) is 0 Å². The van der Waals surface area contributed by atoms with Crippen molar-refractivity contribution < 1.29 is 22.7 Å². The third kappa shape index (κ3) is 3.94. The SMILES string of the molecule is CC(=CN)C1=NCC(CNC(=O)C(F)(F)F)CO1. The highest BCUT2D eigenvalue weighted by atomic mass is 19.4. The van der Waals surface area contributed by atoms with Gasteiger partial charge in [-0.05, 0) is 6.92 Å². The maximum Gasteiger partial charge on any atom is 0.471 e. The third-order valence-electron chi connectivity index (χ3n) is 2.34. The highest BCUT2D eigenvalue weighted by molar-refractivity contribution is 5.93. The molecule has 18 heavy (non-hydrogen) atoms. The van der Waals surface area contributed by atoms with Crippen molar-refractivity contribution in [1.82, 2.24) is 5.32 Å². The number of hydrogen-bond acceptors (Lipinski definition) is 4. The van der Waals surface area contributed by atoms with Crippen LogP contribution in [0.15, 0.2) is 16.8 Å². The minimum absolute atomic E-state index is 0.124. The number of nitrogens with one attached hydrogen (secondary N) is 1. The van der Waals surface area contributed by atoms with Crippen LogP contribution in [0.5, 0.6) is 0 Å². The molecule has 1 amide bonds. The molecule has 0 spiro atoms. The van der Waals surface area contributed by atoms with Gasteiger partial charge in [-0.15, -0.1) is 0 Å². The molecule has 8 heteroatoms. The quantitative estimate of drug-likeness (QED) is 0.783. The number of alkyl halides is 3. The molecular weight excluding hydrogens is 251 g/mol. The Kier molecular flexibility index (Phi) is 4.57. The molecule has 0 aromatic carbocycles. The van der Waals surface area contributed by atoms with Gasteiger partial charge in [-0.3, -0.25) is 9.79 Å². The Morgan fingerprint density at radius 1 is 1.67 bits per heavy atom. The summed E-state index contributed by atoms with van der Waals surface area (Å²) in [6, 6.07) is 0. The summed E-state index contributed by atoms with van der Waals surface area (Å²) in [6.45, 7) is 2.08. The minimum atomic E-state index is -4.86. The first kappa shape index (κ1) is 14.3. The summed E-state index contributed by atoms with van der Waals surface area (Å²) in [6.07, 6.45) is -3.52. The third-order valence-corrected chi connectivity index (χ3v) is 2.34. The Morgan fingerprint density at radius 3 is 2.78 bits per heavy atom. The zero-order chi connectivity index (χ0) is 13.8. The first-order valence-electron chi connectivity index (χ1n) is 5.25. The molecule has 102 valence electrons.